The molecule has 23 heavy (non-hydrogen) atoms. The fourth-order valence-electron chi connectivity index (χ4n) is 2.03. The zero-order valence-corrected chi connectivity index (χ0v) is 15.3. The van der Waals surface area contributed by atoms with Gasteiger partial charge in [-0.2, -0.15) is 0 Å². The van der Waals surface area contributed by atoms with Crippen LogP contribution in [0.15, 0.2) is 36.4 Å². The molecule has 7 heteroatoms. The van der Waals surface area contributed by atoms with Crippen LogP contribution < -0.4 is 5.32 Å². The number of nitrogens with one attached hydrogen (secondary N) is 1. The Morgan fingerprint density at radius 1 is 1.00 bits per heavy atom. The van der Waals surface area contributed by atoms with Gasteiger partial charge in [-0.3, -0.25) is 9.69 Å². The molecule has 2 rings (SSSR count). The predicted molar refractivity (Wildman–Crippen MR) is 97.9 cm³/mol. The maximum Gasteiger partial charge on any atom is 0.238 e. The van der Waals surface area contributed by atoms with Crippen molar-refractivity contribution in [2.24, 2.45) is 0 Å². The van der Waals surface area contributed by atoms with Gasteiger partial charge in [0.1, 0.15) is 0 Å². The van der Waals surface area contributed by atoms with Crippen LogP contribution >= 0.6 is 46.4 Å². The third kappa shape index (κ3) is 5.55. The van der Waals surface area contributed by atoms with Crippen molar-refractivity contribution >= 4 is 58.0 Å². The molecule has 1 amide bonds. The van der Waals surface area contributed by atoms with Gasteiger partial charge in [-0.05, 0) is 42.9 Å². The summed E-state index contributed by atoms with van der Waals surface area (Å²) in [6.07, 6.45) is 0. The molecule has 0 aliphatic rings. The number of benzene rings is 2. The van der Waals surface area contributed by atoms with Crippen molar-refractivity contribution in [3.8, 4) is 0 Å². The van der Waals surface area contributed by atoms with E-state index in [0.29, 0.717) is 32.3 Å². The highest BCUT2D eigenvalue weighted by Gasteiger charge is 2.10. The molecule has 0 radical (unpaired) electrons. The first-order valence-corrected chi connectivity index (χ1v) is 8.23. The molecule has 0 aliphatic carbocycles. The molecular formula is C16H14Cl4N2O. The first-order chi connectivity index (χ1) is 10.8. The van der Waals surface area contributed by atoms with Crippen LogP contribution in [0, 0.1) is 0 Å². The number of likely N-dealkylation sites (N-methyl/N-ethyl adjacent to an activating group) is 1. The highest BCUT2D eigenvalue weighted by Crippen LogP contribution is 2.25. The van der Waals surface area contributed by atoms with E-state index in [1.54, 1.807) is 30.3 Å². The molecule has 3 nitrogen and oxygen atoms in total. The molecule has 0 fully saturated rings. The van der Waals surface area contributed by atoms with E-state index in [9.17, 15) is 4.79 Å². The van der Waals surface area contributed by atoms with Crippen LogP contribution in [0.5, 0.6) is 0 Å². The van der Waals surface area contributed by atoms with Crippen LogP contribution in [0.1, 0.15) is 5.56 Å². The largest absolute Gasteiger partial charge is 0.324 e. The molecule has 0 heterocycles. The van der Waals surface area contributed by atoms with E-state index in [1.165, 1.54) is 0 Å². The smallest absolute Gasteiger partial charge is 0.238 e. The van der Waals surface area contributed by atoms with Gasteiger partial charge < -0.3 is 5.32 Å². The Hall–Kier alpha value is -0.970. The van der Waals surface area contributed by atoms with E-state index >= 15 is 0 Å². The van der Waals surface area contributed by atoms with Crippen molar-refractivity contribution in [3.63, 3.8) is 0 Å². The summed E-state index contributed by atoms with van der Waals surface area (Å²) in [5.41, 5.74) is 1.46. The zero-order chi connectivity index (χ0) is 17.0. The van der Waals surface area contributed by atoms with Gasteiger partial charge in [0.05, 0.1) is 27.3 Å². The van der Waals surface area contributed by atoms with E-state index in [1.807, 2.05) is 18.0 Å². The zero-order valence-electron chi connectivity index (χ0n) is 12.2. The maximum absolute atomic E-state index is 12.1. The second-order valence-corrected chi connectivity index (χ2v) is 6.75. The molecule has 0 saturated carbocycles. The minimum Gasteiger partial charge on any atom is -0.324 e. The van der Waals surface area contributed by atoms with E-state index in [0.717, 1.165) is 5.56 Å². The SMILES string of the molecule is CN(CC(=O)Nc1cc(Cl)ccc1Cl)Cc1ccc(Cl)c(Cl)c1. The average Bonchev–Trinajstić information content (AvgIpc) is 2.46. The van der Waals surface area contributed by atoms with Crippen molar-refractivity contribution in [3.05, 3.63) is 62.1 Å². The Morgan fingerprint density at radius 3 is 2.39 bits per heavy atom. The summed E-state index contributed by atoms with van der Waals surface area (Å²) in [6, 6.07) is 10.3. The Labute approximate surface area is 155 Å². The van der Waals surface area contributed by atoms with Gasteiger partial charge in [-0.15, -0.1) is 0 Å². The summed E-state index contributed by atoms with van der Waals surface area (Å²) >= 11 is 23.8. The first-order valence-electron chi connectivity index (χ1n) is 6.72. The number of carbonyl (C=O) groups excluding carboxylic acids is 1. The van der Waals surface area contributed by atoms with E-state index in [4.69, 9.17) is 46.4 Å². The van der Waals surface area contributed by atoms with Crippen LogP contribution in [0.4, 0.5) is 5.69 Å². The highest BCUT2D eigenvalue weighted by molar-refractivity contribution is 6.42. The summed E-state index contributed by atoms with van der Waals surface area (Å²) in [7, 11) is 1.83. The topological polar surface area (TPSA) is 32.3 Å². The maximum atomic E-state index is 12.1. The van der Waals surface area contributed by atoms with Gasteiger partial charge in [0.2, 0.25) is 5.91 Å². The number of carbonyl (C=O) groups is 1. The number of amides is 1. The fraction of sp³-hybridized carbons (Fsp3) is 0.188. The van der Waals surface area contributed by atoms with Crippen LogP contribution in [0.25, 0.3) is 0 Å². The summed E-state index contributed by atoms with van der Waals surface area (Å²) in [6.45, 7) is 0.761. The fourth-order valence-corrected chi connectivity index (χ4v) is 2.69. The first kappa shape index (κ1) is 18.4. The molecule has 1 N–H and O–H groups in total. The van der Waals surface area contributed by atoms with Gasteiger partial charge in [0, 0.05) is 11.6 Å². The highest BCUT2D eigenvalue weighted by atomic mass is 35.5. The molecule has 0 spiro atoms. The van der Waals surface area contributed by atoms with Crippen LogP contribution in [-0.2, 0) is 11.3 Å². The van der Waals surface area contributed by atoms with Crippen LogP contribution in [0.3, 0.4) is 0 Å². The normalized spacial score (nSPS) is 10.9. The monoisotopic (exact) mass is 390 g/mol. The molecule has 122 valence electrons. The van der Waals surface area contributed by atoms with Crippen LogP contribution in [-0.4, -0.2) is 24.4 Å². The Balaban J connectivity index is 1.94. The molecule has 2 aromatic rings. The molecule has 0 bridgehead atoms. The van der Waals surface area contributed by atoms with Crippen molar-refractivity contribution in [2.75, 3.05) is 18.9 Å². The van der Waals surface area contributed by atoms with Crippen molar-refractivity contribution in [1.82, 2.24) is 4.90 Å². The van der Waals surface area contributed by atoms with E-state index in [2.05, 4.69) is 5.32 Å². The van der Waals surface area contributed by atoms with Gasteiger partial charge >= 0.3 is 0 Å². The molecule has 2 aromatic carbocycles. The standard InChI is InChI=1S/C16H14Cl4N2O/c1-22(8-10-2-4-12(18)14(20)6-10)9-16(23)21-15-7-11(17)3-5-13(15)19/h2-7H,8-9H2,1H3,(H,21,23). The van der Waals surface area contributed by atoms with Gasteiger partial charge in [-0.1, -0.05) is 52.5 Å². The molecule has 0 saturated heterocycles. The quantitative estimate of drug-likeness (QED) is 0.742. The summed E-state index contributed by atoms with van der Waals surface area (Å²) in [4.78, 5) is 14.0. The minimum absolute atomic E-state index is 0.184. The second-order valence-electron chi connectivity index (χ2n) is 5.09. The number of rotatable bonds is 5. The Bertz CT molecular complexity index is 721. The van der Waals surface area contributed by atoms with Crippen molar-refractivity contribution < 1.29 is 4.79 Å². The number of nitrogens with zero attached hydrogens (tertiary/aromatic N) is 1. The lowest BCUT2D eigenvalue weighted by Gasteiger charge is -2.17. The molecular weight excluding hydrogens is 378 g/mol. The molecule has 0 atom stereocenters. The summed E-state index contributed by atoms with van der Waals surface area (Å²) in [5, 5.41) is 4.69. The van der Waals surface area contributed by atoms with E-state index in [-0.39, 0.29) is 12.5 Å². The van der Waals surface area contributed by atoms with Gasteiger partial charge in [-0.25, -0.2) is 0 Å². The second kappa shape index (κ2) is 8.22. The van der Waals surface area contributed by atoms with Crippen molar-refractivity contribution in [1.29, 1.82) is 0 Å². The number of halogens is 4. The number of hydrogen-bond acceptors (Lipinski definition) is 2. The average molecular weight is 392 g/mol. The van der Waals surface area contributed by atoms with Gasteiger partial charge in [0.25, 0.3) is 0 Å². The lowest BCUT2D eigenvalue weighted by molar-refractivity contribution is -0.117. The summed E-state index contributed by atoms with van der Waals surface area (Å²) in [5.74, 6) is -0.184. The lowest BCUT2D eigenvalue weighted by Crippen LogP contribution is -2.29. The van der Waals surface area contributed by atoms with Crippen LogP contribution in [0.2, 0.25) is 20.1 Å². The third-order valence-corrected chi connectivity index (χ3v) is 4.36. The third-order valence-electron chi connectivity index (χ3n) is 3.05. The molecule has 0 unspecified atom stereocenters. The van der Waals surface area contributed by atoms with Crippen molar-refractivity contribution in [2.45, 2.75) is 6.54 Å². The van der Waals surface area contributed by atoms with Gasteiger partial charge in [0.15, 0.2) is 0 Å². The lowest BCUT2D eigenvalue weighted by atomic mass is 10.2. The summed E-state index contributed by atoms with van der Waals surface area (Å²) < 4.78 is 0. The van der Waals surface area contributed by atoms with E-state index < -0.39 is 0 Å². The predicted octanol–water partition coefficient (Wildman–Crippen LogP) is 5.37. The molecule has 0 aromatic heterocycles. The number of hydrogen-bond donors (Lipinski definition) is 1. The molecule has 0 aliphatic heterocycles. The number of anilines is 1. The Morgan fingerprint density at radius 2 is 1.70 bits per heavy atom. The Kier molecular flexibility index (Phi) is 6.57. The minimum atomic E-state index is -0.184.